The first-order chi connectivity index (χ1) is 22.3. The minimum absolute atomic E-state index is 0.0954. The summed E-state index contributed by atoms with van der Waals surface area (Å²) in [5.74, 6) is 0.376. The van der Waals surface area contributed by atoms with Crippen molar-refractivity contribution in [1.29, 1.82) is 0 Å². The third-order valence-corrected chi connectivity index (χ3v) is 12.9. The fourth-order valence-corrected chi connectivity index (χ4v) is 10.8. The first kappa shape index (κ1) is 27.3. The summed E-state index contributed by atoms with van der Waals surface area (Å²) in [5, 5.41) is 2.67. The summed E-state index contributed by atoms with van der Waals surface area (Å²) < 4.78 is 14.8. The average Bonchev–Trinajstić information content (AvgIpc) is 3.31. The maximum Gasteiger partial charge on any atom is 0.221 e. The maximum absolute atomic E-state index is 7.39. The highest BCUT2D eigenvalue weighted by atomic mass is 31.1. The van der Waals surface area contributed by atoms with Crippen LogP contribution >= 0.6 is 8.01 Å². The summed E-state index contributed by atoms with van der Waals surface area (Å²) >= 11 is 0. The molecule has 45 heavy (non-hydrogen) atoms. The van der Waals surface area contributed by atoms with Crippen LogP contribution < -0.4 is 0 Å². The van der Waals surface area contributed by atoms with Crippen molar-refractivity contribution in [1.82, 2.24) is 0 Å². The first-order valence-corrected chi connectivity index (χ1v) is 18.2. The van der Waals surface area contributed by atoms with Gasteiger partial charge in [0.1, 0.15) is 11.2 Å². The fourth-order valence-electron chi connectivity index (χ4n) is 8.76. The van der Waals surface area contributed by atoms with Crippen LogP contribution in [0.5, 0.6) is 0 Å². The van der Waals surface area contributed by atoms with Gasteiger partial charge in [-0.2, -0.15) is 0 Å². The Balaban J connectivity index is 1.38. The molecule has 3 aliphatic carbocycles. The minimum atomic E-state index is -1.38. The Morgan fingerprint density at radius 3 is 1.60 bits per heavy atom. The van der Waals surface area contributed by atoms with E-state index in [0.29, 0.717) is 0 Å². The van der Waals surface area contributed by atoms with Crippen molar-refractivity contribution in [2.45, 2.75) is 75.8 Å². The molecule has 0 N–H and O–H groups in total. The van der Waals surface area contributed by atoms with Gasteiger partial charge in [0.05, 0.1) is 5.66 Å². The van der Waals surface area contributed by atoms with Crippen LogP contribution in [0.1, 0.15) is 89.0 Å². The van der Waals surface area contributed by atoms with Crippen LogP contribution in [-0.2, 0) is 25.7 Å². The van der Waals surface area contributed by atoms with Crippen molar-refractivity contribution in [2.24, 2.45) is 0 Å². The molecule has 3 aliphatic rings. The molecule has 1 aromatic heterocycles. The van der Waals surface area contributed by atoms with Crippen LogP contribution in [-0.4, -0.2) is 0 Å². The standard InChI is InChI=1S/C42H39O2P/c1-27(28-13-3-2-4-14-28)42(39-35-21-11-9-19-33(35)34-20-10-12-22-36(34)39)45-43-37-25-23-29-15-5-7-17-31(29)40(37)41-32-18-8-6-16-30(32)24-26-38(41)44-45/h2-4,9-14,19-27,39,42H,5-8,15-18H2,1H3/t27-,42?/m1/s1. The van der Waals surface area contributed by atoms with E-state index in [1.165, 1.54) is 86.5 Å². The maximum atomic E-state index is 7.39. The molecule has 5 aromatic carbocycles. The molecule has 0 spiro atoms. The van der Waals surface area contributed by atoms with Crippen molar-refractivity contribution in [3.05, 3.63) is 142 Å². The van der Waals surface area contributed by atoms with Gasteiger partial charge in [0, 0.05) is 16.7 Å². The van der Waals surface area contributed by atoms with E-state index >= 15 is 0 Å². The zero-order chi connectivity index (χ0) is 29.9. The summed E-state index contributed by atoms with van der Waals surface area (Å²) in [4.78, 5) is 0. The fraction of sp³-hybridized carbons (Fsp3) is 0.286. The molecule has 2 nitrogen and oxygen atoms in total. The second-order valence-corrected chi connectivity index (χ2v) is 14.9. The quantitative estimate of drug-likeness (QED) is 0.200. The lowest BCUT2D eigenvalue weighted by molar-refractivity contribution is 0.532. The molecule has 0 bridgehead atoms. The van der Waals surface area contributed by atoms with Gasteiger partial charge in [-0.05, 0) is 119 Å². The zero-order valence-electron chi connectivity index (χ0n) is 26.0. The van der Waals surface area contributed by atoms with Gasteiger partial charge >= 0.3 is 0 Å². The van der Waals surface area contributed by atoms with Crippen molar-refractivity contribution in [3.63, 3.8) is 0 Å². The molecular formula is C42H39O2P. The predicted molar refractivity (Wildman–Crippen MR) is 187 cm³/mol. The second kappa shape index (κ2) is 11.1. The second-order valence-electron chi connectivity index (χ2n) is 13.4. The molecule has 9 rings (SSSR count). The normalized spacial score (nSPS) is 16.9. The Morgan fingerprint density at radius 2 is 1.04 bits per heavy atom. The van der Waals surface area contributed by atoms with Crippen molar-refractivity contribution >= 4 is 30.0 Å². The Hall–Kier alpha value is -4.00. The van der Waals surface area contributed by atoms with Crippen LogP contribution in [0.25, 0.3) is 33.1 Å². The monoisotopic (exact) mass is 606 g/mol. The van der Waals surface area contributed by atoms with E-state index in [-0.39, 0.29) is 17.5 Å². The lowest BCUT2D eigenvalue weighted by atomic mass is 9.84. The predicted octanol–water partition coefficient (Wildman–Crippen LogP) is 12.2. The number of aryl methyl sites for hydroxylation is 4. The van der Waals surface area contributed by atoms with E-state index in [4.69, 9.17) is 8.39 Å². The molecular weight excluding hydrogens is 567 g/mol. The molecule has 6 aromatic rings. The number of benzene rings is 5. The summed E-state index contributed by atoms with van der Waals surface area (Å²) in [5.41, 5.74) is 15.0. The van der Waals surface area contributed by atoms with Gasteiger partial charge in [-0.25, -0.2) is 0 Å². The SMILES string of the molecule is C[C@H](c1ccccc1)C(C1c2ccccc2-c2ccccc21)p1oc2ccc3c(c2c2c4c(ccc2o1)CCCC4)CCCC3. The Bertz CT molecular complexity index is 1980. The summed E-state index contributed by atoms with van der Waals surface area (Å²) in [6.07, 6.45) is 9.59. The van der Waals surface area contributed by atoms with Gasteiger partial charge in [0.25, 0.3) is 0 Å². The zero-order valence-corrected chi connectivity index (χ0v) is 26.9. The van der Waals surface area contributed by atoms with Crippen LogP contribution in [0.4, 0.5) is 0 Å². The van der Waals surface area contributed by atoms with E-state index in [0.717, 1.165) is 36.8 Å². The largest absolute Gasteiger partial charge is 0.419 e. The Kier molecular flexibility index (Phi) is 6.75. The van der Waals surface area contributed by atoms with Crippen LogP contribution in [0, 0.1) is 0 Å². The lowest BCUT2D eigenvalue weighted by Crippen LogP contribution is -2.12. The van der Waals surface area contributed by atoms with Gasteiger partial charge in [-0.15, -0.1) is 0 Å². The van der Waals surface area contributed by atoms with Crippen LogP contribution in [0.15, 0.2) is 112 Å². The third-order valence-electron chi connectivity index (χ3n) is 10.9. The highest BCUT2D eigenvalue weighted by Gasteiger charge is 2.41. The van der Waals surface area contributed by atoms with E-state index in [9.17, 15) is 0 Å². The van der Waals surface area contributed by atoms with E-state index in [2.05, 4.69) is 110 Å². The van der Waals surface area contributed by atoms with Gasteiger partial charge in [0.2, 0.25) is 8.01 Å². The molecule has 224 valence electrons. The van der Waals surface area contributed by atoms with Gasteiger partial charge in [0.15, 0.2) is 0 Å². The Morgan fingerprint density at radius 1 is 0.556 bits per heavy atom. The molecule has 2 atom stereocenters. The van der Waals surface area contributed by atoms with E-state index in [1.807, 2.05) is 0 Å². The van der Waals surface area contributed by atoms with E-state index in [1.54, 1.807) is 0 Å². The van der Waals surface area contributed by atoms with E-state index < -0.39 is 8.01 Å². The van der Waals surface area contributed by atoms with Crippen LogP contribution in [0.2, 0.25) is 0 Å². The van der Waals surface area contributed by atoms with Crippen molar-refractivity contribution in [2.75, 3.05) is 0 Å². The summed E-state index contributed by atoms with van der Waals surface area (Å²) in [6.45, 7) is 2.39. The van der Waals surface area contributed by atoms with Crippen molar-refractivity contribution < 1.29 is 8.39 Å². The van der Waals surface area contributed by atoms with Gasteiger partial charge in [-0.3, -0.25) is 0 Å². The minimum Gasteiger partial charge on any atom is -0.419 e. The number of hydrogen-bond donors (Lipinski definition) is 0. The summed E-state index contributed by atoms with van der Waals surface area (Å²) in [6, 6.07) is 38.3. The molecule has 0 fully saturated rings. The smallest absolute Gasteiger partial charge is 0.221 e. The Labute approximate surface area is 266 Å². The topological polar surface area (TPSA) is 26.3 Å². The number of hydrogen-bond acceptors (Lipinski definition) is 2. The molecule has 3 heteroatoms. The number of rotatable bonds is 4. The highest BCUT2D eigenvalue weighted by molar-refractivity contribution is 7.37. The molecule has 0 radical (unpaired) electrons. The molecule has 1 unspecified atom stereocenters. The lowest BCUT2D eigenvalue weighted by Gasteiger charge is -2.29. The first-order valence-electron chi connectivity index (χ1n) is 16.9. The molecule has 0 amide bonds. The third kappa shape index (κ3) is 4.44. The average molecular weight is 607 g/mol. The molecule has 0 aliphatic heterocycles. The van der Waals surface area contributed by atoms with Crippen LogP contribution in [0.3, 0.4) is 0 Å². The molecule has 0 saturated carbocycles. The highest BCUT2D eigenvalue weighted by Crippen LogP contribution is 2.62. The van der Waals surface area contributed by atoms with Gasteiger partial charge < -0.3 is 8.39 Å². The van der Waals surface area contributed by atoms with Gasteiger partial charge in [-0.1, -0.05) is 97.9 Å². The number of fused-ring (bicyclic) bond motifs is 10. The molecule has 0 saturated heterocycles. The summed E-state index contributed by atoms with van der Waals surface area (Å²) in [7, 11) is -1.38. The van der Waals surface area contributed by atoms with Crippen molar-refractivity contribution in [3.8, 4) is 11.1 Å². The molecule has 1 heterocycles.